The van der Waals surface area contributed by atoms with Gasteiger partial charge >= 0.3 is 6.36 Å². The molecule has 0 radical (unpaired) electrons. The van der Waals surface area contributed by atoms with E-state index in [0.717, 1.165) is 18.3 Å². The number of alkyl halides is 3. The summed E-state index contributed by atoms with van der Waals surface area (Å²) < 4.78 is 41.2. The van der Waals surface area contributed by atoms with Gasteiger partial charge in [0.1, 0.15) is 11.3 Å². The molecule has 0 fully saturated rings. The molecule has 6 nitrogen and oxygen atoms in total. The third-order valence-corrected chi connectivity index (χ3v) is 3.70. The summed E-state index contributed by atoms with van der Waals surface area (Å²) in [5, 5.41) is 4.08. The Bertz CT molecular complexity index is 948. The van der Waals surface area contributed by atoms with Crippen LogP contribution >= 0.6 is 11.3 Å². The van der Waals surface area contributed by atoms with Crippen LogP contribution in [0.1, 0.15) is 10.4 Å². The van der Waals surface area contributed by atoms with Gasteiger partial charge in [-0.05, 0) is 24.3 Å². The molecule has 0 saturated carbocycles. The van der Waals surface area contributed by atoms with Crippen LogP contribution < -0.4 is 15.6 Å². The van der Waals surface area contributed by atoms with E-state index < -0.39 is 23.6 Å². The lowest BCUT2D eigenvalue weighted by Crippen LogP contribution is -2.25. The quantitative estimate of drug-likeness (QED) is 0.784. The summed E-state index contributed by atoms with van der Waals surface area (Å²) >= 11 is 1.25. The lowest BCUT2D eigenvalue weighted by Gasteiger charge is -2.09. The molecule has 1 aromatic carbocycles. The average Bonchev–Trinajstić information content (AvgIpc) is 2.97. The number of rotatable bonds is 3. The van der Waals surface area contributed by atoms with Crippen molar-refractivity contribution in [2.75, 3.05) is 5.32 Å². The zero-order chi connectivity index (χ0) is 17.3. The lowest BCUT2D eigenvalue weighted by molar-refractivity contribution is -0.274. The van der Waals surface area contributed by atoms with E-state index in [2.05, 4.69) is 15.0 Å². The topological polar surface area (TPSA) is 72.7 Å². The minimum Gasteiger partial charge on any atom is -0.406 e. The van der Waals surface area contributed by atoms with E-state index in [1.807, 2.05) is 0 Å². The molecule has 3 aromatic rings. The first-order valence-electron chi connectivity index (χ1n) is 6.45. The van der Waals surface area contributed by atoms with E-state index in [1.165, 1.54) is 34.1 Å². The number of carbonyl (C=O) groups excluding carboxylic acids is 1. The highest BCUT2D eigenvalue weighted by molar-refractivity contribution is 7.15. The van der Waals surface area contributed by atoms with E-state index in [9.17, 15) is 22.8 Å². The number of carbonyl (C=O) groups is 1. The molecule has 24 heavy (non-hydrogen) atoms. The summed E-state index contributed by atoms with van der Waals surface area (Å²) in [5.74, 6) is -1.13. The number of hydrogen-bond donors (Lipinski definition) is 1. The number of fused-ring (bicyclic) bond motifs is 1. The molecule has 2 heterocycles. The van der Waals surface area contributed by atoms with Crippen molar-refractivity contribution in [1.82, 2.24) is 9.38 Å². The fourth-order valence-corrected chi connectivity index (χ4v) is 2.59. The fourth-order valence-electron chi connectivity index (χ4n) is 1.92. The van der Waals surface area contributed by atoms with Gasteiger partial charge in [-0.2, -0.15) is 0 Å². The number of anilines is 1. The Morgan fingerprint density at radius 3 is 2.62 bits per heavy atom. The molecule has 0 aliphatic carbocycles. The number of amides is 1. The third-order valence-electron chi connectivity index (χ3n) is 2.93. The van der Waals surface area contributed by atoms with Gasteiger partial charge in [0.25, 0.3) is 11.5 Å². The molecule has 0 atom stereocenters. The molecule has 3 rings (SSSR count). The molecule has 0 aliphatic rings. The summed E-state index contributed by atoms with van der Waals surface area (Å²) in [5.41, 5.74) is -0.498. The number of aromatic nitrogens is 2. The van der Waals surface area contributed by atoms with Gasteiger partial charge in [0.05, 0.1) is 0 Å². The van der Waals surface area contributed by atoms with Crippen molar-refractivity contribution in [2.24, 2.45) is 0 Å². The number of thiazole rings is 1. The molecule has 1 amide bonds. The van der Waals surface area contributed by atoms with Crippen molar-refractivity contribution in [3.63, 3.8) is 0 Å². The number of nitrogens with one attached hydrogen (secondary N) is 1. The van der Waals surface area contributed by atoms with Gasteiger partial charge in [-0.25, -0.2) is 4.98 Å². The van der Waals surface area contributed by atoms with Gasteiger partial charge in [-0.1, -0.05) is 0 Å². The van der Waals surface area contributed by atoms with Crippen LogP contribution in [0.5, 0.6) is 5.75 Å². The molecule has 0 spiro atoms. The van der Waals surface area contributed by atoms with Crippen molar-refractivity contribution in [1.29, 1.82) is 0 Å². The Morgan fingerprint density at radius 1 is 1.25 bits per heavy atom. The molecule has 2 aromatic heterocycles. The van der Waals surface area contributed by atoms with Crippen LogP contribution in [-0.4, -0.2) is 21.7 Å². The van der Waals surface area contributed by atoms with Gasteiger partial charge in [-0.15, -0.1) is 24.5 Å². The first-order chi connectivity index (χ1) is 11.3. The molecule has 0 aliphatic heterocycles. The van der Waals surface area contributed by atoms with Crippen LogP contribution in [-0.2, 0) is 0 Å². The van der Waals surface area contributed by atoms with E-state index in [-0.39, 0.29) is 11.3 Å². The van der Waals surface area contributed by atoms with Gasteiger partial charge in [0.15, 0.2) is 4.96 Å². The van der Waals surface area contributed by atoms with Crippen LogP contribution in [0.3, 0.4) is 0 Å². The molecule has 124 valence electrons. The first kappa shape index (κ1) is 16.0. The molecule has 0 saturated heterocycles. The Morgan fingerprint density at radius 2 is 1.96 bits per heavy atom. The average molecular weight is 355 g/mol. The van der Waals surface area contributed by atoms with Crippen molar-refractivity contribution in [3.8, 4) is 5.75 Å². The summed E-state index contributed by atoms with van der Waals surface area (Å²) in [6.07, 6.45) is -2.14. The van der Waals surface area contributed by atoms with E-state index in [0.29, 0.717) is 4.96 Å². The van der Waals surface area contributed by atoms with Crippen LogP contribution in [0.25, 0.3) is 4.96 Å². The van der Waals surface area contributed by atoms with Gasteiger partial charge in [0, 0.05) is 23.5 Å². The van der Waals surface area contributed by atoms with Crippen molar-refractivity contribution < 1.29 is 22.7 Å². The SMILES string of the molecule is O=C(Nc1ccc(OC(F)(F)F)cc1)c1cnc2sccn2c1=O. The van der Waals surface area contributed by atoms with Crippen LogP contribution in [0, 0.1) is 0 Å². The lowest BCUT2D eigenvalue weighted by atomic mass is 10.2. The van der Waals surface area contributed by atoms with Gasteiger partial charge in [0.2, 0.25) is 0 Å². The molecular formula is C14H8F3N3O3S. The van der Waals surface area contributed by atoms with Crippen molar-refractivity contribution >= 4 is 27.9 Å². The van der Waals surface area contributed by atoms with Crippen LogP contribution in [0.2, 0.25) is 0 Å². The number of nitrogens with zero attached hydrogens (tertiary/aromatic N) is 2. The van der Waals surface area contributed by atoms with E-state index >= 15 is 0 Å². The smallest absolute Gasteiger partial charge is 0.406 e. The standard InChI is InChI=1S/C14H8F3N3O3S/c15-14(16,17)23-9-3-1-8(2-4-9)19-11(21)10-7-18-13-20(12(10)22)5-6-24-13/h1-7H,(H,19,21). The Balaban J connectivity index is 1.79. The number of ether oxygens (including phenoxy) is 1. The zero-order valence-corrected chi connectivity index (χ0v) is 12.5. The predicted molar refractivity (Wildman–Crippen MR) is 80.4 cm³/mol. The minimum atomic E-state index is -4.79. The molecular weight excluding hydrogens is 347 g/mol. The third kappa shape index (κ3) is 3.38. The second-order valence-corrected chi connectivity index (χ2v) is 5.43. The zero-order valence-electron chi connectivity index (χ0n) is 11.7. The number of hydrogen-bond acceptors (Lipinski definition) is 5. The predicted octanol–water partition coefficient (Wildman–Crippen LogP) is 2.91. The highest BCUT2D eigenvalue weighted by atomic mass is 32.1. The molecule has 10 heteroatoms. The second-order valence-electron chi connectivity index (χ2n) is 4.56. The Kier molecular flexibility index (Phi) is 3.97. The fraction of sp³-hybridized carbons (Fsp3) is 0.0714. The second kappa shape index (κ2) is 5.96. The van der Waals surface area contributed by atoms with Crippen LogP contribution in [0.4, 0.5) is 18.9 Å². The minimum absolute atomic E-state index is 0.179. The first-order valence-corrected chi connectivity index (χ1v) is 7.33. The van der Waals surface area contributed by atoms with Gasteiger partial charge < -0.3 is 10.1 Å². The Hall–Kier alpha value is -2.88. The highest BCUT2D eigenvalue weighted by Crippen LogP contribution is 2.24. The van der Waals surface area contributed by atoms with Crippen molar-refractivity contribution in [3.05, 3.63) is 58.0 Å². The molecule has 0 bridgehead atoms. The normalized spacial score (nSPS) is 11.5. The number of halogens is 3. The molecule has 0 unspecified atom stereocenters. The van der Waals surface area contributed by atoms with E-state index in [1.54, 1.807) is 5.38 Å². The largest absolute Gasteiger partial charge is 0.573 e. The van der Waals surface area contributed by atoms with E-state index in [4.69, 9.17) is 0 Å². The maximum atomic E-state index is 12.2. The van der Waals surface area contributed by atoms with Crippen LogP contribution in [0.15, 0.2) is 46.8 Å². The highest BCUT2D eigenvalue weighted by Gasteiger charge is 2.31. The summed E-state index contributed by atoms with van der Waals surface area (Å²) in [6, 6.07) is 4.56. The summed E-state index contributed by atoms with van der Waals surface area (Å²) in [4.78, 5) is 28.7. The van der Waals surface area contributed by atoms with Gasteiger partial charge in [-0.3, -0.25) is 14.0 Å². The number of benzene rings is 1. The summed E-state index contributed by atoms with van der Waals surface area (Å²) in [6.45, 7) is 0. The summed E-state index contributed by atoms with van der Waals surface area (Å²) in [7, 11) is 0. The Labute approximate surface area is 136 Å². The van der Waals surface area contributed by atoms with Crippen molar-refractivity contribution in [2.45, 2.75) is 6.36 Å². The maximum absolute atomic E-state index is 12.2. The molecule has 1 N–H and O–H groups in total. The maximum Gasteiger partial charge on any atom is 0.573 e. The monoisotopic (exact) mass is 355 g/mol.